The third kappa shape index (κ3) is 4.17. The van der Waals surface area contributed by atoms with Crippen LogP contribution in [0.2, 0.25) is 0 Å². The van der Waals surface area contributed by atoms with Crippen LogP contribution in [0.3, 0.4) is 0 Å². The summed E-state index contributed by atoms with van der Waals surface area (Å²) >= 11 is 0. The zero-order valence-corrected chi connectivity index (χ0v) is 11.4. The van der Waals surface area contributed by atoms with Gasteiger partial charge in [0.2, 0.25) is 5.91 Å². The van der Waals surface area contributed by atoms with Gasteiger partial charge in [0, 0.05) is 0 Å². The van der Waals surface area contributed by atoms with E-state index in [0.717, 1.165) is 19.3 Å². The molecule has 0 aliphatic carbocycles. The van der Waals surface area contributed by atoms with Crippen molar-refractivity contribution in [3.05, 3.63) is 12.7 Å². The van der Waals surface area contributed by atoms with Gasteiger partial charge in [0.05, 0.1) is 13.2 Å². The van der Waals surface area contributed by atoms with Crippen molar-refractivity contribution in [1.29, 1.82) is 0 Å². The minimum Gasteiger partial charge on any atom is -0.464 e. The van der Waals surface area contributed by atoms with Crippen LogP contribution in [0.15, 0.2) is 12.7 Å². The number of nitrogens with zero attached hydrogens (tertiary/aromatic N) is 1. The fourth-order valence-electron chi connectivity index (χ4n) is 1.90. The summed E-state index contributed by atoms with van der Waals surface area (Å²) in [6.07, 6.45) is 5.67. The normalized spacial score (nSPS) is 19.2. The summed E-state index contributed by atoms with van der Waals surface area (Å²) in [6.45, 7) is 8.60. The molecular weight excluding hydrogens is 230 g/mol. The number of unbranched alkanes of at least 4 members (excludes halogenated alkanes) is 1. The topological polar surface area (TPSA) is 46.4 Å². The lowest BCUT2D eigenvalue weighted by atomic mass is 10.0. The van der Waals surface area contributed by atoms with E-state index < -0.39 is 0 Å². The Morgan fingerprint density at radius 2 is 2.22 bits per heavy atom. The fourth-order valence-corrected chi connectivity index (χ4v) is 1.90. The summed E-state index contributed by atoms with van der Waals surface area (Å²) in [5.41, 5.74) is 0. The zero-order chi connectivity index (χ0) is 13.5. The van der Waals surface area contributed by atoms with Gasteiger partial charge in [-0.05, 0) is 18.4 Å². The first-order valence-corrected chi connectivity index (χ1v) is 6.73. The predicted molar refractivity (Wildman–Crippen MR) is 70.0 cm³/mol. The van der Waals surface area contributed by atoms with E-state index in [4.69, 9.17) is 4.74 Å². The minimum absolute atomic E-state index is 0.199. The lowest BCUT2D eigenvalue weighted by Gasteiger charge is -2.14. The number of amides is 1. The quantitative estimate of drug-likeness (QED) is 0.378. The lowest BCUT2D eigenvalue weighted by Crippen LogP contribution is -2.22. The molecule has 0 saturated carbocycles. The first kappa shape index (κ1) is 14.7. The van der Waals surface area contributed by atoms with E-state index in [1.165, 1.54) is 17.4 Å². The monoisotopic (exact) mass is 253 g/mol. The standard InChI is InChI=1S/C14H23NO3/c1-4-7-8-11(5-2)10-18-14(17)12-9-15(12)13(16)6-3/h6,11-12H,3-5,7-10H2,1-2H3. The number of hydrogen-bond acceptors (Lipinski definition) is 3. The molecule has 1 amide bonds. The van der Waals surface area contributed by atoms with Gasteiger partial charge in [0.25, 0.3) is 0 Å². The molecule has 0 aromatic heterocycles. The first-order valence-electron chi connectivity index (χ1n) is 6.73. The fraction of sp³-hybridized carbons (Fsp3) is 0.714. The second-order valence-corrected chi connectivity index (χ2v) is 4.76. The maximum absolute atomic E-state index is 11.7. The van der Waals surface area contributed by atoms with Crippen molar-refractivity contribution in [2.75, 3.05) is 13.2 Å². The molecule has 0 radical (unpaired) electrons. The van der Waals surface area contributed by atoms with Crippen LogP contribution in [-0.4, -0.2) is 36.0 Å². The van der Waals surface area contributed by atoms with E-state index in [1.807, 2.05) is 0 Å². The largest absolute Gasteiger partial charge is 0.464 e. The highest BCUT2D eigenvalue weighted by molar-refractivity contribution is 5.95. The molecule has 0 N–H and O–H groups in total. The van der Waals surface area contributed by atoms with Crippen LogP contribution >= 0.6 is 0 Å². The second kappa shape index (κ2) is 7.19. The highest BCUT2D eigenvalue weighted by Gasteiger charge is 2.44. The third-order valence-corrected chi connectivity index (χ3v) is 3.35. The smallest absolute Gasteiger partial charge is 0.330 e. The molecular formula is C14H23NO3. The molecule has 2 atom stereocenters. The van der Waals surface area contributed by atoms with Gasteiger partial charge in [0.1, 0.15) is 6.04 Å². The van der Waals surface area contributed by atoms with Crippen LogP contribution in [0, 0.1) is 5.92 Å². The molecule has 1 fully saturated rings. The molecule has 1 aliphatic rings. The molecule has 4 nitrogen and oxygen atoms in total. The average molecular weight is 253 g/mol. The van der Waals surface area contributed by atoms with Crippen molar-refractivity contribution < 1.29 is 14.3 Å². The molecule has 0 aromatic carbocycles. The molecule has 1 aliphatic heterocycles. The van der Waals surface area contributed by atoms with E-state index >= 15 is 0 Å². The number of hydrogen-bond donors (Lipinski definition) is 0. The SMILES string of the molecule is C=CC(=O)N1CC1C(=O)OCC(CC)CCCC. The number of carbonyl (C=O) groups is 2. The average Bonchev–Trinajstić information content (AvgIpc) is 3.18. The summed E-state index contributed by atoms with van der Waals surface area (Å²) in [5, 5.41) is 0. The van der Waals surface area contributed by atoms with Crippen molar-refractivity contribution in [3.63, 3.8) is 0 Å². The minimum atomic E-state index is -0.376. The molecule has 1 heterocycles. The van der Waals surface area contributed by atoms with Gasteiger partial charge in [-0.1, -0.05) is 39.7 Å². The Morgan fingerprint density at radius 1 is 1.50 bits per heavy atom. The summed E-state index contributed by atoms with van der Waals surface area (Å²) in [5.74, 6) is -0.0358. The van der Waals surface area contributed by atoms with Crippen molar-refractivity contribution in [2.24, 2.45) is 5.92 Å². The van der Waals surface area contributed by atoms with Crippen molar-refractivity contribution in [2.45, 2.75) is 45.6 Å². The molecule has 0 bridgehead atoms. The molecule has 1 saturated heterocycles. The van der Waals surface area contributed by atoms with Crippen LogP contribution in [0.25, 0.3) is 0 Å². The second-order valence-electron chi connectivity index (χ2n) is 4.76. The molecule has 1 rings (SSSR count). The Hall–Kier alpha value is -1.32. The highest BCUT2D eigenvalue weighted by atomic mass is 16.5. The third-order valence-electron chi connectivity index (χ3n) is 3.35. The van der Waals surface area contributed by atoms with Crippen LogP contribution in [0.1, 0.15) is 39.5 Å². The molecule has 2 unspecified atom stereocenters. The van der Waals surface area contributed by atoms with Crippen molar-refractivity contribution in [3.8, 4) is 0 Å². The molecule has 18 heavy (non-hydrogen) atoms. The number of esters is 1. The summed E-state index contributed by atoms with van der Waals surface area (Å²) in [4.78, 5) is 24.4. The van der Waals surface area contributed by atoms with Gasteiger partial charge in [-0.3, -0.25) is 4.79 Å². The summed E-state index contributed by atoms with van der Waals surface area (Å²) < 4.78 is 5.27. The van der Waals surface area contributed by atoms with Crippen LogP contribution in [0.4, 0.5) is 0 Å². The number of carbonyl (C=O) groups excluding carboxylic acids is 2. The Bertz CT molecular complexity index is 314. The summed E-state index contributed by atoms with van der Waals surface area (Å²) in [6, 6.07) is -0.376. The molecule has 4 heteroatoms. The first-order chi connectivity index (χ1) is 8.63. The van der Waals surface area contributed by atoms with Crippen LogP contribution in [0.5, 0.6) is 0 Å². The van der Waals surface area contributed by atoms with Gasteiger partial charge in [-0.2, -0.15) is 0 Å². The van der Waals surface area contributed by atoms with E-state index in [0.29, 0.717) is 19.1 Å². The van der Waals surface area contributed by atoms with Gasteiger partial charge in [-0.15, -0.1) is 0 Å². The van der Waals surface area contributed by atoms with Gasteiger partial charge < -0.3 is 9.64 Å². The van der Waals surface area contributed by atoms with E-state index in [1.54, 1.807) is 0 Å². The van der Waals surface area contributed by atoms with E-state index in [9.17, 15) is 9.59 Å². The lowest BCUT2D eigenvalue weighted by molar-refractivity contribution is -0.146. The number of ether oxygens (including phenoxy) is 1. The van der Waals surface area contributed by atoms with Crippen molar-refractivity contribution in [1.82, 2.24) is 4.90 Å². The van der Waals surface area contributed by atoms with Gasteiger partial charge in [0.15, 0.2) is 0 Å². The maximum Gasteiger partial charge on any atom is 0.330 e. The van der Waals surface area contributed by atoms with Crippen LogP contribution in [-0.2, 0) is 14.3 Å². The van der Waals surface area contributed by atoms with Gasteiger partial charge >= 0.3 is 5.97 Å². The predicted octanol–water partition coefficient (Wildman–Crippen LogP) is 2.14. The molecule has 102 valence electrons. The Balaban J connectivity index is 2.25. The molecule has 0 spiro atoms. The maximum atomic E-state index is 11.7. The Labute approximate surface area is 109 Å². The zero-order valence-electron chi connectivity index (χ0n) is 11.4. The Kier molecular flexibility index (Phi) is 5.89. The molecule has 0 aromatic rings. The van der Waals surface area contributed by atoms with E-state index in [2.05, 4.69) is 20.4 Å². The van der Waals surface area contributed by atoms with Crippen molar-refractivity contribution >= 4 is 11.9 Å². The summed E-state index contributed by atoms with van der Waals surface area (Å²) in [7, 11) is 0. The highest BCUT2D eigenvalue weighted by Crippen LogP contribution is 2.20. The van der Waals surface area contributed by atoms with Gasteiger partial charge in [-0.25, -0.2) is 4.79 Å². The van der Waals surface area contributed by atoms with Crippen LogP contribution < -0.4 is 0 Å². The Morgan fingerprint density at radius 3 is 2.78 bits per heavy atom. The van der Waals surface area contributed by atoms with E-state index in [-0.39, 0.29) is 17.9 Å². The number of rotatable bonds is 8.